The number of nitrogen functional groups attached to an aromatic ring is 1. The molecule has 0 atom stereocenters. The Labute approximate surface area is 120 Å². The lowest BCUT2D eigenvalue weighted by Gasteiger charge is -2.06. The minimum atomic E-state index is -0.996. The zero-order valence-electron chi connectivity index (χ0n) is 9.45. The second-order valence-corrected chi connectivity index (χ2v) is 5.57. The highest BCUT2D eigenvalue weighted by atomic mass is 79.9. The minimum Gasteiger partial charge on any atom is -0.456 e. The van der Waals surface area contributed by atoms with Gasteiger partial charge in [0.1, 0.15) is 18.2 Å². The summed E-state index contributed by atoms with van der Waals surface area (Å²) >= 11 is 4.66. The van der Waals surface area contributed by atoms with Crippen LogP contribution in [0.3, 0.4) is 0 Å². The third-order valence-electron chi connectivity index (χ3n) is 2.27. The van der Waals surface area contributed by atoms with Gasteiger partial charge in [0.05, 0.1) is 11.3 Å². The van der Waals surface area contributed by atoms with Gasteiger partial charge in [0.25, 0.3) is 0 Å². The maximum Gasteiger partial charge on any atom is 0.341 e. The van der Waals surface area contributed by atoms with Crippen molar-refractivity contribution in [3.63, 3.8) is 0 Å². The van der Waals surface area contributed by atoms with E-state index in [9.17, 15) is 13.6 Å². The highest BCUT2D eigenvalue weighted by Crippen LogP contribution is 2.22. The van der Waals surface area contributed by atoms with Gasteiger partial charge in [0, 0.05) is 20.8 Å². The molecule has 0 aliphatic carbocycles. The summed E-state index contributed by atoms with van der Waals surface area (Å²) in [5, 5.41) is 1.83. The van der Waals surface area contributed by atoms with E-state index in [-0.39, 0.29) is 17.9 Å². The first-order valence-corrected chi connectivity index (χ1v) is 6.79. The van der Waals surface area contributed by atoms with Crippen LogP contribution in [0.15, 0.2) is 28.1 Å². The number of halogens is 3. The number of anilines is 1. The molecule has 3 nitrogen and oxygen atoms in total. The number of hydrogen-bond acceptors (Lipinski definition) is 4. The molecule has 0 saturated carbocycles. The number of nitrogens with two attached hydrogens (primary N) is 1. The molecule has 0 aliphatic heterocycles. The molecule has 1 aromatic carbocycles. The van der Waals surface area contributed by atoms with Crippen LogP contribution in [-0.4, -0.2) is 5.97 Å². The monoisotopic (exact) mass is 347 g/mol. The minimum absolute atomic E-state index is 0.0197. The zero-order chi connectivity index (χ0) is 14.0. The highest BCUT2D eigenvalue weighted by Gasteiger charge is 2.16. The van der Waals surface area contributed by atoms with Crippen molar-refractivity contribution in [3.8, 4) is 0 Å². The fourth-order valence-electron chi connectivity index (χ4n) is 1.37. The third-order valence-corrected chi connectivity index (χ3v) is 3.94. The first kappa shape index (κ1) is 14.0. The van der Waals surface area contributed by atoms with Gasteiger partial charge < -0.3 is 10.5 Å². The summed E-state index contributed by atoms with van der Waals surface area (Å²) in [7, 11) is 0. The van der Waals surface area contributed by atoms with E-state index in [4.69, 9.17) is 10.5 Å². The summed E-state index contributed by atoms with van der Waals surface area (Å²) < 4.78 is 32.2. The van der Waals surface area contributed by atoms with Crippen LogP contribution >= 0.6 is 27.3 Å². The van der Waals surface area contributed by atoms with Crippen LogP contribution in [0.25, 0.3) is 0 Å². The maximum atomic E-state index is 13.4. The molecule has 0 spiro atoms. The van der Waals surface area contributed by atoms with Gasteiger partial charge in [0.15, 0.2) is 0 Å². The van der Waals surface area contributed by atoms with Gasteiger partial charge in [-0.25, -0.2) is 13.6 Å². The molecule has 0 saturated heterocycles. The molecule has 1 heterocycles. The van der Waals surface area contributed by atoms with Crippen molar-refractivity contribution in [1.29, 1.82) is 0 Å². The number of esters is 1. The van der Waals surface area contributed by atoms with E-state index in [1.54, 1.807) is 6.07 Å². The topological polar surface area (TPSA) is 52.3 Å². The van der Waals surface area contributed by atoms with E-state index in [1.807, 2.05) is 5.38 Å². The van der Waals surface area contributed by atoms with E-state index < -0.39 is 17.6 Å². The predicted octanol–water partition coefficient (Wildman–Crippen LogP) is 3.73. The molecule has 0 amide bonds. The summed E-state index contributed by atoms with van der Waals surface area (Å²) in [6.45, 7) is 0.0197. The first-order valence-electron chi connectivity index (χ1n) is 5.12. The van der Waals surface area contributed by atoms with Crippen LogP contribution in [0, 0.1) is 11.6 Å². The second kappa shape index (κ2) is 5.66. The molecule has 1 aromatic heterocycles. The van der Waals surface area contributed by atoms with Crippen LogP contribution in [0.5, 0.6) is 0 Å². The third kappa shape index (κ3) is 3.30. The van der Waals surface area contributed by atoms with Crippen LogP contribution in [0.2, 0.25) is 0 Å². The normalized spacial score (nSPS) is 10.5. The van der Waals surface area contributed by atoms with Gasteiger partial charge >= 0.3 is 5.97 Å². The standard InChI is InChI=1S/C12H8BrF2NO2S/c13-6-1-7(19-5-6)4-18-12(17)8-2-11(16)10(15)3-9(8)14/h1-3,5H,4,16H2. The lowest BCUT2D eigenvalue weighted by atomic mass is 10.2. The average molecular weight is 348 g/mol. The largest absolute Gasteiger partial charge is 0.456 e. The Kier molecular flexibility index (Phi) is 4.16. The molecule has 100 valence electrons. The van der Waals surface area contributed by atoms with Gasteiger partial charge in [-0.05, 0) is 28.1 Å². The van der Waals surface area contributed by atoms with Crippen LogP contribution in [0.4, 0.5) is 14.5 Å². The Morgan fingerprint density at radius 3 is 2.68 bits per heavy atom. The summed E-state index contributed by atoms with van der Waals surface area (Å²) in [6.07, 6.45) is 0. The van der Waals surface area contributed by atoms with E-state index in [2.05, 4.69) is 15.9 Å². The second-order valence-electron chi connectivity index (χ2n) is 3.66. The van der Waals surface area contributed by atoms with E-state index in [0.717, 1.165) is 15.4 Å². The number of benzene rings is 1. The van der Waals surface area contributed by atoms with Gasteiger partial charge in [-0.1, -0.05) is 0 Å². The first-order chi connectivity index (χ1) is 8.97. The Morgan fingerprint density at radius 1 is 1.32 bits per heavy atom. The summed E-state index contributed by atoms with van der Waals surface area (Å²) in [6, 6.07) is 3.28. The summed E-state index contributed by atoms with van der Waals surface area (Å²) in [5.41, 5.74) is 4.61. The quantitative estimate of drug-likeness (QED) is 0.679. The summed E-state index contributed by atoms with van der Waals surface area (Å²) in [5.74, 6) is -2.78. The Morgan fingerprint density at radius 2 is 2.05 bits per heavy atom. The average Bonchev–Trinajstić information content (AvgIpc) is 2.77. The molecule has 0 bridgehead atoms. The Bertz CT molecular complexity index is 630. The van der Waals surface area contributed by atoms with Gasteiger partial charge in [-0.2, -0.15) is 0 Å². The number of ether oxygens (including phenoxy) is 1. The highest BCUT2D eigenvalue weighted by molar-refractivity contribution is 9.10. The van der Waals surface area contributed by atoms with Gasteiger partial charge in [-0.15, -0.1) is 11.3 Å². The lowest BCUT2D eigenvalue weighted by Crippen LogP contribution is -2.09. The number of thiophene rings is 1. The van der Waals surface area contributed by atoms with Crippen molar-refractivity contribution >= 4 is 38.9 Å². The van der Waals surface area contributed by atoms with Crippen LogP contribution in [-0.2, 0) is 11.3 Å². The SMILES string of the molecule is Nc1cc(C(=O)OCc2cc(Br)cs2)c(F)cc1F. The van der Waals surface area contributed by atoms with Crippen molar-refractivity contribution in [2.45, 2.75) is 6.61 Å². The molecule has 2 aromatic rings. The number of hydrogen-bond donors (Lipinski definition) is 1. The van der Waals surface area contributed by atoms with Crippen molar-refractivity contribution in [2.75, 3.05) is 5.73 Å². The number of carbonyl (C=O) groups excluding carboxylic acids is 1. The number of rotatable bonds is 3. The smallest absolute Gasteiger partial charge is 0.341 e. The molecule has 0 aliphatic rings. The van der Waals surface area contributed by atoms with Crippen molar-refractivity contribution < 1.29 is 18.3 Å². The number of carbonyl (C=O) groups is 1. The molecular formula is C12H8BrF2NO2S. The molecule has 0 radical (unpaired) electrons. The molecule has 0 unspecified atom stereocenters. The van der Waals surface area contributed by atoms with Crippen molar-refractivity contribution in [2.24, 2.45) is 0 Å². The Balaban J connectivity index is 2.10. The lowest BCUT2D eigenvalue weighted by molar-refractivity contribution is 0.0471. The molecule has 7 heteroatoms. The maximum absolute atomic E-state index is 13.4. The van der Waals surface area contributed by atoms with Gasteiger partial charge in [0.2, 0.25) is 0 Å². The fourth-order valence-corrected chi connectivity index (χ4v) is 2.73. The molecule has 0 fully saturated rings. The molecule has 19 heavy (non-hydrogen) atoms. The summed E-state index contributed by atoms with van der Waals surface area (Å²) in [4.78, 5) is 12.5. The van der Waals surface area contributed by atoms with E-state index in [0.29, 0.717) is 6.07 Å². The Hall–Kier alpha value is -1.47. The fraction of sp³-hybridized carbons (Fsp3) is 0.0833. The van der Waals surface area contributed by atoms with Crippen LogP contribution < -0.4 is 5.73 Å². The molecule has 2 rings (SSSR count). The predicted molar refractivity (Wildman–Crippen MR) is 71.9 cm³/mol. The van der Waals surface area contributed by atoms with E-state index in [1.165, 1.54) is 11.3 Å². The van der Waals surface area contributed by atoms with Crippen molar-refractivity contribution in [3.05, 3.63) is 50.1 Å². The zero-order valence-corrected chi connectivity index (χ0v) is 11.9. The van der Waals surface area contributed by atoms with Crippen molar-refractivity contribution in [1.82, 2.24) is 0 Å². The molecule has 2 N–H and O–H groups in total. The molecular weight excluding hydrogens is 340 g/mol. The van der Waals surface area contributed by atoms with Gasteiger partial charge in [-0.3, -0.25) is 0 Å². The van der Waals surface area contributed by atoms with Crippen LogP contribution in [0.1, 0.15) is 15.2 Å². The van der Waals surface area contributed by atoms with E-state index >= 15 is 0 Å².